The highest BCUT2D eigenvalue weighted by Gasteiger charge is 2.48. The van der Waals surface area contributed by atoms with E-state index in [0.29, 0.717) is 16.3 Å². The van der Waals surface area contributed by atoms with E-state index in [2.05, 4.69) is 5.32 Å². The zero-order valence-electron chi connectivity index (χ0n) is 13.4. The summed E-state index contributed by atoms with van der Waals surface area (Å²) in [6.45, 7) is 0. The first-order valence-corrected chi connectivity index (χ1v) is 8.70. The molecule has 1 unspecified atom stereocenters. The Morgan fingerprint density at radius 3 is 2.62 bits per heavy atom. The first-order valence-electron chi connectivity index (χ1n) is 7.94. The molecule has 1 heterocycles. The third-order valence-corrected chi connectivity index (χ3v) is 5.12. The van der Waals surface area contributed by atoms with Gasteiger partial charge >= 0.3 is 0 Å². The maximum atomic E-state index is 12.9. The van der Waals surface area contributed by atoms with Crippen LogP contribution in [-0.2, 0) is 10.4 Å². The molecule has 1 atom stereocenters. The van der Waals surface area contributed by atoms with Crippen molar-refractivity contribution in [1.29, 1.82) is 0 Å². The van der Waals surface area contributed by atoms with Gasteiger partial charge in [-0.1, -0.05) is 65.7 Å². The fourth-order valence-electron chi connectivity index (χ4n) is 3.40. The predicted molar refractivity (Wildman–Crippen MR) is 102 cm³/mol. The molecule has 4 rings (SSSR count). The van der Waals surface area contributed by atoms with Crippen LogP contribution in [-0.4, -0.2) is 16.8 Å². The Kier molecular flexibility index (Phi) is 3.99. The molecule has 0 saturated carbocycles. The van der Waals surface area contributed by atoms with Crippen LogP contribution >= 0.6 is 23.2 Å². The Labute approximate surface area is 159 Å². The fraction of sp³-hybridized carbons (Fsp3) is 0.100. The van der Waals surface area contributed by atoms with Crippen LogP contribution in [0.2, 0.25) is 10.0 Å². The molecule has 1 aliphatic rings. The molecule has 0 aromatic heterocycles. The number of ketones is 1. The molecule has 26 heavy (non-hydrogen) atoms. The number of carbonyl (C=O) groups is 2. The Hall–Kier alpha value is -2.40. The van der Waals surface area contributed by atoms with E-state index < -0.39 is 17.9 Å². The Bertz CT molecular complexity index is 1070. The maximum Gasteiger partial charge on any atom is 0.261 e. The quantitative estimate of drug-likeness (QED) is 0.649. The highest BCUT2D eigenvalue weighted by Crippen LogP contribution is 2.44. The number of halogens is 2. The summed E-state index contributed by atoms with van der Waals surface area (Å²) in [5.74, 6) is -1.04. The highest BCUT2D eigenvalue weighted by molar-refractivity contribution is 6.36. The lowest BCUT2D eigenvalue weighted by Gasteiger charge is -2.21. The minimum Gasteiger partial charge on any atom is -0.375 e. The number of carbonyl (C=O) groups excluding carboxylic acids is 2. The number of aliphatic hydroxyl groups is 1. The second-order valence-corrected chi connectivity index (χ2v) is 7.09. The molecule has 0 radical (unpaired) electrons. The Balaban J connectivity index is 1.78. The molecule has 4 nitrogen and oxygen atoms in total. The molecule has 6 heteroatoms. The van der Waals surface area contributed by atoms with Crippen LogP contribution < -0.4 is 5.32 Å². The average Bonchev–Trinajstić information content (AvgIpc) is 2.84. The number of benzene rings is 3. The molecule has 1 aliphatic heterocycles. The highest BCUT2D eigenvalue weighted by atomic mass is 35.5. The van der Waals surface area contributed by atoms with E-state index in [0.717, 1.165) is 10.8 Å². The molecule has 0 aliphatic carbocycles. The summed E-state index contributed by atoms with van der Waals surface area (Å²) in [6, 6.07) is 15.8. The number of amides is 1. The Morgan fingerprint density at radius 2 is 1.81 bits per heavy atom. The molecule has 3 aromatic rings. The van der Waals surface area contributed by atoms with E-state index in [4.69, 9.17) is 23.2 Å². The van der Waals surface area contributed by atoms with E-state index in [1.165, 1.54) is 12.1 Å². The van der Waals surface area contributed by atoms with Crippen molar-refractivity contribution in [2.75, 3.05) is 5.32 Å². The number of nitrogens with one attached hydrogen (secondary N) is 1. The largest absolute Gasteiger partial charge is 0.375 e. The summed E-state index contributed by atoms with van der Waals surface area (Å²) >= 11 is 12.2. The molecule has 0 spiro atoms. The third kappa shape index (κ3) is 2.58. The van der Waals surface area contributed by atoms with Crippen LogP contribution in [0.3, 0.4) is 0 Å². The van der Waals surface area contributed by atoms with Crippen molar-refractivity contribution in [2.45, 2.75) is 12.0 Å². The minimum absolute atomic E-state index is 0.138. The van der Waals surface area contributed by atoms with Gasteiger partial charge < -0.3 is 10.4 Å². The SMILES string of the molecule is O=C(CC1(O)C(=O)Nc2cc(Cl)cc(Cl)c21)c1cccc2ccccc12. The van der Waals surface area contributed by atoms with Crippen molar-refractivity contribution in [1.82, 2.24) is 0 Å². The molecular weight excluding hydrogens is 373 g/mol. The van der Waals surface area contributed by atoms with Gasteiger partial charge in [0, 0.05) is 16.1 Å². The first-order chi connectivity index (χ1) is 12.4. The molecule has 1 amide bonds. The lowest BCUT2D eigenvalue weighted by molar-refractivity contribution is -0.133. The van der Waals surface area contributed by atoms with Crippen molar-refractivity contribution in [3.8, 4) is 0 Å². The second-order valence-electron chi connectivity index (χ2n) is 6.25. The lowest BCUT2D eigenvalue weighted by Crippen LogP contribution is -2.36. The first kappa shape index (κ1) is 17.0. The smallest absolute Gasteiger partial charge is 0.261 e. The van der Waals surface area contributed by atoms with Crippen LogP contribution in [0.1, 0.15) is 22.3 Å². The summed E-state index contributed by atoms with van der Waals surface area (Å²) in [4.78, 5) is 25.4. The van der Waals surface area contributed by atoms with Gasteiger partial charge in [-0.05, 0) is 22.9 Å². The minimum atomic E-state index is -2.04. The normalized spacial score (nSPS) is 18.7. The van der Waals surface area contributed by atoms with Crippen molar-refractivity contribution < 1.29 is 14.7 Å². The molecule has 0 saturated heterocycles. The average molecular weight is 386 g/mol. The van der Waals surface area contributed by atoms with Crippen LogP contribution in [0.4, 0.5) is 5.69 Å². The molecule has 0 bridgehead atoms. The summed E-state index contributed by atoms with van der Waals surface area (Å²) < 4.78 is 0. The van der Waals surface area contributed by atoms with Gasteiger partial charge in [0.15, 0.2) is 11.4 Å². The maximum absolute atomic E-state index is 12.9. The topological polar surface area (TPSA) is 66.4 Å². The number of fused-ring (bicyclic) bond motifs is 2. The monoisotopic (exact) mass is 385 g/mol. The fourth-order valence-corrected chi connectivity index (χ4v) is 4.05. The van der Waals surface area contributed by atoms with Gasteiger partial charge in [0.1, 0.15) is 0 Å². The van der Waals surface area contributed by atoms with Crippen molar-refractivity contribution in [2.24, 2.45) is 0 Å². The van der Waals surface area contributed by atoms with Gasteiger partial charge in [-0.25, -0.2) is 0 Å². The van der Waals surface area contributed by atoms with Gasteiger partial charge in [0.2, 0.25) is 0 Å². The summed E-state index contributed by atoms with van der Waals surface area (Å²) in [5.41, 5.74) is -1.09. The van der Waals surface area contributed by atoms with Gasteiger partial charge in [-0.15, -0.1) is 0 Å². The number of Topliss-reactive ketones (excluding diaryl/α,β-unsaturated/α-hetero) is 1. The summed E-state index contributed by atoms with van der Waals surface area (Å²) in [7, 11) is 0. The van der Waals surface area contributed by atoms with E-state index in [1.807, 2.05) is 30.3 Å². The number of anilines is 1. The second kappa shape index (κ2) is 6.09. The van der Waals surface area contributed by atoms with E-state index in [9.17, 15) is 14.7 Å². The standard InChI is InChI=1S/C20H13Cl2NO3/c21-12-8-15(22)18-16(9-12)23-19(25)20(18,26)10-17(24)14-7-3-5-11-4-1-2-6-13(11)14/h1-9,26H,10H2,(H,23,25). The summed E-state index contributed by atoms with van der Waals surface area (Å²) in [6.07, 6.45) is -0.415. The van der Waals surface area contributed by atoms with Crippen LogP contribution in [0.5, 0.6) is 0 Å². The van der Waals surface area contributed by atoms with Crippen molar-refractivity contribution in [3.63, 3.8) is 0 Å². The van der Waals surface area contributed by atoms with E-state index in [-0.39, 0.29) is 16.4 Å². The van der Waals surface area contributed by atoms with Crippen LogP contribution in [0.25, 0.3) is 10.8 Å². The number of rotatable bonds is 3. The molecule has 0 fully saturated rings. The molecule has 130 valence electrons. The zero-order chi connectivity index (χ0) is 18.5. The number of hydrogen-bond acceptors (Lipinski definition) is 3. The van der Waals surface area contributed by atoms with Crippen molar-refractivity contribution >= 4 is 51.4 Å². The van der Waals surface area contributed by atoms with Gasteiger partial charge in [0.25, 0.3) is 5.91 Å². The van der Waals surface area contributed by atoms with Gasteiger partial charge in [0.05, 0.1) is 17.1 Å². The predicted octanol–water partition coefficient (Wildman–Crippen LogP) is 4.56. The van der Waals surface area contributed by atoms with Crippen molar-refractivity contribution in [3.05, 3.63) is 75.8 Å². The molecule has 2 N–H and O–H groups in total. The van der Waals surface area contributed by atoms with Crippen LogP contribution in [0, 0.1) is 0 Å². The third-order valence-electron chi connectivity index (χ3n) is 4.60. The van der Waals surface area contributed by atoms with Gasteiger partial charge in [-0.3, -0.25) is 9.59 Å². The van der Waals surface area contributed by atoms with E-state index >= 15 is 0 Å². The number of hydrogen-bond donors (Lipinski definition) is 2. The lowest BCUT2D eigenvalue weighted by atomic mass is 9.87. The zero-order valence-corrected chi connectivity index (χ0v) is 14.9. The Morgan fingerprint density at radius 1 is 1.08 bits per heavy atom. The van der Waals surface area contributed by atoms with Gasteiger partial charge in [-0.2, -0.15) is 0 Å². The molecular formula is C20H13Cl2NO3. The molecule has 3 aromatic carbocycles. The summed E-state index contributed by atoms with van der Waals surface area (Å²) in [5, 5.41) is 15.7. The van der Waals surface area contributed by atoms with E-state index in [1.54, 1.807) is 12.1 Å². The van der Waals surface area contributed by atoms with Crippen LogP contribution in [0.15, 0.2) is 54.6 Å².